The Labute approximate surface area is 124 Å². The summed E-state index contributed by atoms with van der Waals surface area (Å²) in [7, 11) is 3.90. The first-order valence-electron chi connectivity index (χ1n) is 6.82. The van der Waals surface area contributed by atoms with Crippen molar-refractivity contribution in [3.63, 3.8) is 0 Å². The summed E-state index contributed by atoms with van der Waals surface area (Å²) >= 11 is 0. The maximum absolute atomic E-state index is 5.94. The van der Waals surface area contributed by atoms with Gasteiger partial charge in [-0.05, 0) is 9.97 Å². The number of nitrogens with one attached hydrogen (secondary N) is 1. The maximum atomic E-state index is 5.94. The van der Waals surface area contributed by atoms with Crippen LogP contribution in [0.3, 0.4) is 0 Å². The van der Waals surface area contributed by atoms with Gasteiger partial charge in [0.15, 0.2) is 0 Å². The standard InChI is InChI=1S/C14H21N7/c1-9-18-13(15)11(7-20(9)3)5-17-6-12-8-21(4)10(2)19-14(12)16/h7-8,15-17H,5-6H2,1-4H3/p+2. The molecule has 0 radical (unpaired) electrons. The Hall–Kier alpha value is -2.28. The van der Waals surface area contributed by atoms with Crippen LogP contribution in [0.25, 0.3) is 0 Å². The monoisotopic (exact) mass is 289 g/mol. The van der Waals surface area contributed by atoms with Crippen molar-refractivity contribution >= 4 is 11.6 Å². The van der Waals surface area contributed by atoms with Gasteiger partial charge in [-0.1, -0.05) is 0 Å². The summed E-state index contributed by atoms with van der Waals surface area (Å²) in [6.07, 6.45) is 3.98. The third-order valence-corrected chi connectivity index (χ3v) is 3.57. The molecule has 0 saturated carbocycles. The van der Waals surface area contributed by atoms with Gasteiger partial charge >= 0.3 is 0 Å². The first-order chi connectivity index (χ1) is 9.88. The second-order valence-electron chi connectivity index (χ2n) is 5.22. The Morgan fingerprint density at radius 2 is 1.29 bits per heavy atom. The normalized spacial score (nSPS) is 10.9. The number of nitrogens with zero attached hydrogens (tertiary/aromatic N) is 4. The van der Waals surface area contributed by atoms with Gasteiger partial charge < -0.3 is 16.8 Å². The predicted octanol–water partition coefficient (Wildman–Crippen LogP) is -0.803. The number of rotatable bonds is 4. The number of aryl methyl sites for hydroxylation is 4. The Morgan fingerprint density at radius 1 is 0.905 bits per heavy atom. The van der Waals surface area contributed by atoms with Crippen LogP contribution in [0.1, 0.15) is 22.8 Å². The average Bonchev–Trinajstić information content (AvgIpc) is 2.41. The molecule has 21 heavy (non-hydrogen) atoms. The van der Waals surface area contributed by atoms with Crippen LogP contribution in [0.2, 0.25) is 0 Å². The fraction of sp³-hybridized carbons (Fsp3) is 0.429. The Kier molecular flexibility index (Phi) is 4.32. The molecule has 0 aliphatic heterocycles. The van der Waals surface area contributed by atoms with Crippen molar-refractivity contribution in [1.29, 1.82) is 0 Å². The molecule has 2 rings (SSSR count). The van der Waals surface area contributed by atoms with Crippen molar-refractivity contribution < 1.29 is 9.13 Å². The summed E-state index contributed by atoms with van der Waals surface area (Å²) in [5.41, 5.74) is 13.8. The highest BCUT2D eigenvalue weighted by molar-refractivity contribution is 5.37. The van der Waals surface area contributed by atoms with Gasteiger partial charge in [0.05, 0.1) is 25.2 Å². The Morgan fingerprint density at radius 3 is 1.67 bits per heavy atom. The minimum atomic E-state index is 0.554. The largest absolute Gasteiger partial charge is 0.363 e. The molecule has 0 bridgehead atoms. The second kappa shape index (κ2) is 6.01. The number of nitrogens with two attached hydrogens (primary N) is 2. The molecule has 2 heterocycles. The predicted molar refractivity (Wildman–Crippen MR) is 79.7 cm³/mol. The van der Waals surface area contributed by atoms with Gasteiger partial charge in [-0.25, -0.2) is 9.13 Å². The molecule has 5 N–H and O–H groups in total. The van der Waals surface area contributed by atoms with Crippen LogP contribution in [0, 0.1) is 13.8 Å². The molecule has 112 valence electrons. The molecule has 7 heteroatoms. The van der Waals surface area contributed by atoms with E-state index in [0.29, 0.717) is 24.7 Å². The molecule has 2 aromatic rings. The van der Waals surface area contributed by atoms with Crippen LogP contribution >= 0.6 is 0 Å². The summed E-state index contributed by atoms with van der Waals surface area (Å²) in [6.45, 7) is 5.10. The minimum Gasteiger partial charge on any atom is -0.363 e. The molecule has 0 aliphatic carbocycles. The van der Waals surface area contributed by atoms with E-state index in [1.54, 1.807) is 0 Å². The highest BCUT2D eigenvalue weighted by Crippen LogP contribution is 2.08. The molecule has 0 saturated heterocycles. The van der Waals surface area contributed by atoms with Gasteiger partial charge in [0.25, 0.3) is 11.6 Å². The fourth-order valence-electron chi connectivity index (χ4n) is 2.04. The van der Waals surface area contributed by atoms with E-state index >= 15 is 0 Å². The van der Waals surface area contributed by atoms with Gasteiger partial charge in [-0.2, -0.15) is 0 Å². The smallest absolute Gasteiger partial charge is 0.297 e. The number of hydrogen-bond acceptors (Lipinski definition) is 5. The van der Waals surface area contributed by atoms with E-state index < -0.39 is 0 Å². The zero-order valence-corrected chi connectivity index (χ0v) is 13.0. The van der Waals surface area contributed by atoms with Crippen LogP contribution < -0.4 is 25.9 Å². The quantitative estimate of drug-likeness (QED) is 0.640. The Balaban J connectivity index is 2.05. The molecule has 0 fully saturated rings. The summed E-state index contributed by atoms with van der Waals surface area (Å²) in [5.74, 6) is 2.88. The maximum Gasteiger partial charge on any atom is 0.297 e. The topological polar surface area (TPSA) is 97.6 Å². The third-order valence-electron chi connectivity index (χ3n) is 3.57. The second-order valence-corrected chi connectivity index (χ2v) is 5.22. The molecule has 0 aromatic carbocycles. The number of anilines is 2. The lowest BCUT2D eigenvalue weighted by Gasteiger charge is -2.06. The lowest BCUT2D eigenvalue weighted by atomic mass is 10.2. The van der Waals surface area contributed by atoms with E-state index in [-0.39, 0.29) is 0 Å². The van der Waals surface area contributed by atoms with Crippen LogP contribution in [-0.4, -0.2) is 9.97 Å². The lowest BCUT2D eigenvalue weighted by molar-refractivity contribution is -0.681. The van der Waals surface area contributed by atoms with Crippen LogP contribution in [0.5, 0.6) is 0 Å². The molecule has 2 aromatic heterocycles. The minimum absolute atomic E-state index is 0.554. The zero-order chi connectivity index (χ0) is 15.6. The zero-order valence-electron chi connectivity index (χ0n) is 13.0. The number of aromatic nitrogens is 4. The fourth-order valence-corrected chi connectivity index (χ4v) is 2.04. The summed E-state index contributed by atoms with van der Waals surface area (Å²) in [5, 5.41) is 3.33. The average molecular weight is 289 g/mol. The van der Waals surface area contributed by atoms with Gasteiger partial charge in [-0.15, -0.1) is 0 Å². The molecular weight excluding hydrogens is 266 g/mol. The Bertz CT molecular complexity index is 609. The van der Waals surface area contributed by atoms with Crippen LogP contribution in [0.4, 0.5) is 11.6 Å². The van der Waals surface area contributed by atoms with Crippen LogP contribution in [0.15, 0.2) is 12.4 Å². The first kappa shape index (κ1) is 15.1. The summed E-state index contributed by atoms with van der Waals surface area (Å²) in [6, 6.07) is 0. The highest BCUT2D eigenvalue weighted by Gasteiger charge is 2.14. The van der Waals surface area contributed by atoms with E-state index in [9.17, 15) is 0 Å². The van der Waals surface area contributed by atoms with Crippen molar-refractivity contribution in [2.45, 2.75) is 26.9 Å². The van der Waals surface area contributed by atoms with Gasteiger partial charge in [0.2, 0.25) is 11.6 Å². The number of nitrogen functional groups attached to an aromatic ring is 2. The SMILES string of the molecule is Cc1nc(N)c(CNCc2c[n+](C)c(C)nc2N)c[n+]1C. The molecular formula is C14H23N7+2. The summed E-state index contributed by atoms with van der Waals surface area (Å²) in [4.78, 5) is 8.60. The number of hydrogen-bond donors (Lipinski definition) is 3. The van der Waals surface area contributed by atoms with Crippen molar-refractivity contribution in [2.24, 2.45) is 14.1 Å². The van der Waals surface area contributed by atoms with Crippen LogP contribution in [-0.2, 0) is 27.2 Å². The summed E-state index contributed by atoms with van der Waals surface area (Å²) < 4.78 is 3.91. The third kappa shape index (κ3) is 3.43. The molecule has 0 spiro atoms. The van der Waals surface area contributed by atoms with E-state index in [4.69, 9.17) is 11.5 Å². The van der Waals surface area contributed by atoms with Crippen molar-refractivity contribution in [2.75, 3.05) is 11.5 Å². The molecule has 0 atom stereocenters. The van der Waals surface area contributed by atoms with E-state index in [1.165, 1.54) is 0 Å². The lowest BCUT2D eigenvalue weighted by Crippen LogP contribution is -2.36. The molecule has 7 nitrogen and oxygen atoms in total. The first-order valence-corrected chi connectivity index (χ1v) is 6.82. The highest BCUT2D eigenvalue weighted by atomic mass is 15.1. The van der Waals surface area contributed by atoms with Crippen molar-refractivity contribution in [3.8, 4) is 0 Å². The molecule has 0 unspecified atom stereocenters. The van der Waals surface area contributed by atoms with Gasteiger partial charge in [-0.3, -0.25) is 0 Å². The van der Waals surface area contributed by atoms with E-state index in [0.717, 1.165) is 22.8 Å². The van der Waals surface area contributed by atoms with E-state index in [2.05, 4.69) is 15.3 Å². The van der Waals surface area contributed by atoms with Crippen molar-refractivity contribution in [3.05, 3.63) is 35.2 Å². The molecule has 0 aliphatic rings. The molecule has 0 amide bonds. The van der Waals surface area contributed by atoms with Gasteiger partial charge in [0.1, 0.15) is 12.4 Å². The van der Waals surface area contributed by atoms with Gasteiger partial charge in [0, 0.05) is 26.9 Å². The van der Waals surface area contributed by atoms with E-state index in [1.807, 2.05) is 49.5 Å². The van der Waals surface area contributed by atoms with Crippen molar-refractivity contribution in [1.82, 2.24) is 15.3 Å².